The van der Waals surface area contributed by atoms with E-state index in [2.05, 4.69) is 159 Å². The topological polar surface area (TPSA) is 128 Å². The van der Waals surface area contributed by atoms with Gasteiger partial charge in [0.05, 0.1) is 66.2 Å². The van der Waals surface area contributed by atoms with Gasteiger partial charge in [-0.15, -0.1) is 0 Å². The van der Waals surface area contributed by atoms with Crippen LogP contribution in [0.5, 0.6) is 0 Å². The minimum absolute atomic E-state index is 0.854. The Morgan fingerprint density at radius 1 is 0.303 bits per heavy atom. The van der Waals surface area contributed by atoms with Crippen LogP contribution in [-0.2, 0) is 0 Å². The first kappa shape index (κ1) is 33.4. The molecule has 4 N–H and O–H groups in total. The van der Waals surface area contributed by atoms with Gasteiger partial charge < -0.3 is 19.9 Å². The van der Waals surface area contributed by atoms with Crippen LogP contribution in [0.15, 0.2) is 152 Å². The first-order chi connectivity index (χ1) is 32.6. The molecule has 0 spiro atoms. The van der Waals surface area contributed by atoms with Crippen molar-refractivity contribution in [3.05, 3.63) is 152 Å². The highest BCUT2D eigenvalue weighted by molar-refractivity contribution is 6.33. The van der Waals surface area contributed by atoms with Gasteiger partial charge in [-0.3, -0.25) is 0 Å². The Balaban J connectivity index is 1.13. The average molecular weight is 840 g/mol. The van der Waals surface area contributed by atoms with E-state index < -0.39 is 0 Å². The van der Waals surface area contributed by atoms with Gasteiger partial charge in [0, 0.05) is 104 Å². The standard InChI is InChI=1S/C57H29N9/c1-2-28-6-10-42-48-36-13-15-58-45(36)22-31-20-33(60-51(31)48)17-26-18-38-39(19-26)50-44-12-8-30-4-3-29-7-11-43(65-55(29)56(30)66-44)49-37-14-16-59-46(37)23-32-21-34(61-52(32)49)24-35-25-40(57(50)62-35)47(38)41-9-5-27(1)53(63-41)54(28)64-42/h1-25,58-60,62H. The first-order valence-electron chi connectivity index (χ1n) is 22.2. The van der Waals surface area contributed by atoms with Crippen molar-refractivity contribution in [3.63, 3.8) is 0 Å². The first-order valence-corrected chi connectivity index (χ1v) is 22.2. The number of benzene rings is 5. The lowest BCUT2D eigenvalue weighted by molar-refractivity contribution is 1.46. The van der Waals surface area contributed by atoms with Crippen molar-refractivity contribution in [1.29, 1.82) is 0 Å². The van der Waals surface area contributed by atoms with Crippen LogP contribution in [-0.4, -0.2) is 44.9 Å². The van der Waals surface area contributed by atoms with E-state index in [1.807, 2.05) is 12.4 Å². The van der Waals surface area contributed by atoms with Crippen LogP contribution in [0.25, 0.3) is 174 Å². The van der Waals surface area contributed by atoms with Crippen LogP contribution in [0.2, 0.25) is 0 Å². The third-order valence-electron chi connectivity index (χ3n) is 14.4. The predicted octanol–water partition coefficient (Wildman–Crippen LogP) is 14.4. The van der Waals surface area contributed by atoms with E-state index >= 15 is 0 Å². The van der Waals surface area contributed by atoms with Gasteiger partial charge >= 0.3 is 0 Å². The number of fused-ring (bicyclic) bond motifs is 18. The molecule has 0 saturated heterocycles. The molecule has 0 aliphatic rings. The second-order valence-electron chi connectivity index (χ2n) is 18.1. The predicted molar refractivity (Wildman–Crippen MR) is 273 cm³/mol. The van der Waals surface area contributed by atoms with Gasteiger partial charge in [0.2, 0.25) is 0 Å². The Kier molecular flexibility index (Phi) is 5.80. The van der Waals surface area contributed by atoms with E-state index in [1.165, 1.54) is 0 Å². The number of nitrogens with one attached hydrogen (secondary N) is 4. The third kappa shape index (κ3) is 4.27. The summed E-state index contributed by atoms with van der Waals surface area (Å²) in [5, 5.41) is 16.9. The zero-order valence-electron chi connectivity index (χ0n) is 34.7. The lowest BCUT2D eigenvalue weighted by Gasteiger charge is -2.08. The van der Waals surface area contributed by atoms with Gasteiger partial charge in [0.15, 0.2) is 0 Å². The Bertz CT molecular complexity index is 4810. The third-order valence-corrected chi connectivity index (χ3v) is 14.4. The summed E-state index contributed by atoms with van der Waals surface area (Å²) >= 11 is 0. The summed E-state index contributed by atoms with van der Waals surface area (Å²) in [6.45, 7) is 0. The monoisotopic (exact) mass is 839 g/mol. The van der Waals surface area contributed by atoms with Gasteiger partial charge in [-0.1, -0.05) is 48.5 Å². The molecular weight excluding hydrogens is 811 g/mol. The molecular formula is C57H29N9. The minimum Gasteiger partial charge on any atom is -0.361 e. The quantitative estimate of drug-likeness (QED) is 0.113. The molecule has 302 valence electrons. The molecule has 6 aromatic carbocycles. The van der Waals surface area contributed by atoms with Crippen LogP contribution >= 0.6 is 0 Å². The van der Waals surface area contributed by atoms with Crippen LogP contribution in [0.3, 0.4) is 0 Å². The summed E-state index contributed by atoms with van der Waals surface area (Å²) in [5.74, 6) is 0. The van der Waals surface area contributed by atoms with Crippen molar-refractivity contribution in [3.8, 4) is 0 Å². The number of nitrogens with zero attached hydrogens (tertiary/aromatic N) is 5. The maximum Gasteiger partial charge on any atom is 0.0972 e. The van der Waals surface area contributed by atoms with E-state index in [0.717, 1.165) is 174 Å². The molecule has 9 nitrogen and oxygen atoms in total. The number of hydrogen-bond acceptors (Lipinski definition) is 5. The van der Waals surface area contributed by atoms with Crippen LogP contribution in [0.4, 0.5) is 0 Å². The fraction of sp³-hybridized carbons (Fsp3) is 0. The average Bonchev–Trinajstić information content (AvgIpc) is 4.21. The summed E-state index contributed by atoms with van der Waals surface area (Å²) in [7, 11) is 0. The molecule has 0 unspecified atom stereocenters. The molecule has 0 fully saturated rings. The van der Waals surface area contributed by atoms with Crippen molar-refractivity contribution >= 4 is 174 Å². The van der Waals surface area contributed by atoms with E-state index in [4.69, 9.17) is 24.9 Å². The summed E-state index contributed by atoms with van der Waals surface area (Å²) in [4.78, 5) is 42.2. The SMILES string of the molecule is c1cc2c(cc3cc4cc5cc6c([nH]5)c(c5ccc7ccc8ccc(nc8c7n5)c2c3n4)c2cc3cc4cc5cc7[nH]ccc7c(c7ccc8ccc9ccc(nc9c8n7)c6c2c3)c5[nH]4)[nH]1. The Morgan fingerprint density at radius 3 is 1.44 bits per heavy atom. The molecule has 0 atom stereocenters. The van der Waals surface area contributed by atoms with Gasteiger partial charge in [-0.05, 0) is 107 Å². The lowest BCUT2D eigenvalue weighted by Crippen LogP contribution is -1.89. The van der Waals surface area contributed by atoms with Crippen molar-refractivity contribution < 1.29 is 0 Å². The maximum atomic E-state index is 5.62. The summed E-state index contributed by atoms with van der Waals surface area (Å²) in [6.07, 6.45) is 4.00. The normalized spacial score (nSPS) is 12.8. The fourth-order valence-corrected chi connectivity index (χ4v) is 11.5. The number of aromatic nitrogens is 9. The second kappa shape index (κ2) is 11.5. The highest BCUT2D eigenvalue weighted by atomic mass is 14.8. The van der Waals surface area contributed by atoms with Crippen molar-refractivity contribution in [2.24, 2.45) is 0 Å². The molecule has 9 heteroatoms. The summed E-state index contributed by atoms with van der Waals surface area (Å²) in [5.41, 5.74) is 14.8. The molecule has 0 amide bonds. The van der Waals surface area contributed by atoms with Crippen LogP contribution < -0.4 is 0 Å². The number of H-pyrrole nitrogens is 4. The summed E-state index contributed by atoms with van der Waals surface area (Å²) < 4.78 is 0. The smallest absolute Gasteiger partial charge is 0.0972 e. The maximum absolute atomic E-state index is 5.62. The Labute approximate surface area is 369 Å². The Morgan fingerprint density at radius 2 is 0.803 bits per heavy atom. The zero-order chi connectivity index (χ0) is 42.5. The van der Waals surface area contributed by atoms with Crippen molar-refractivity contribution in [2.75, 3.05) is 0 Å². The molecule has 0 radical (unpaired) electrons. The lowest BCUT2D eigenvalue weighted by atomic mass is 10.0. The number of rotatable bonds is 0. The molecule has 66 heavy (non-hydrogen) atoms. The molecule has 0 aliphatic carbocycles. The van der Waals surface area contributed by atoms with Gasteiger partial charge in [-0.2, -0.15) is 0 Å². The minimum atomic E-state index is 0.854. The molecule has 17 rings (SSSR count). The van der Waals surface area contributed by atoms with E-state index in [9.17, 15) is 0 Å². The molecule has 0 aliphatic heterocycles. The summed E-state index contributed by atoms with van der Waals surface area (Å²) in [6, 6.07) is 50.4. The number of pyridine rings is 4. The van der Waals surface area contributed by atoms with E-state index in [1.54, 1.807) is 0 Å². The van der Waals surface area contributed by atoms with E-state index in [-0.39, 0.29) is 0 Å². The van der Waals surface area contributed by atoms with Crippen molar-refractivity contribution in [2.45, 2.75) is 0 Å². The van der Waals surface area contributed by atoms with Gasteiger partial charge in [0.1, 0.15) is 0 Å². The molecule has 16 bridgehead atoms. The molecule has 0 saturated carbocycles. The van der Waals surface area contributed by atoms with Gasteiger partial charge in [-0.25, -0.2) is 24.9 Å². The highest BCUT2D eigenvalue weighted by Crippen LogP contribution is 2.42. The fourth-order valence-electron chi connectivity index (χ4n) is 11.5. The molecule has 17 aromatic rings. The van der Waals surface area contributed by atoms with E-state index in [0.29, 0.717) is 0 Å². The van der Waals surface area contributed by atoms with Gasteiger partial charge in [0.25, 0.3) is 0 Å². The molecule has 11 aromatic heterocycles. The largest absolute Gasteiger partial charge is 0.361 e. The Hall–Kier alpha value is -9.21. The van der Waals surface area contributed by atoms with Crippen LogP contribution in [0, 0.1) is 0 Å². The number of hydrogen-bond donors (Lipinski definition) is 4. The highest BCUT2D eigenvalue weighted by Gasteiger charge is 2.19. The number of aromatic amines is 4. The van der Waals surface area contributed by atoms with Crippen LogP contribution in [0.1, 0.15) is 0 Å². The zero-order valence-corrected chi connectivity index (χ0v) is 34.7. The van der Waals surface area contributed by atoms with Crippen molar-refractivity contribution in [1.82, 2.24) is 44.9 Å². The second-order valence-corrected chi connectivity index (χ2v) is 18.1. The molecule has 11 heterocycles.